The molecule has 2 aromatic carbocycles. The summed E-state index contributed by atoms with van der Waals surface area (Å²) in [6.45, 7) is 6.19. The lowest BCUT2D eigenvalue weighted by atomic mass is 9.93. The summed E-state index contributed by atoms with van der Waals surface area (Å²) >= 11 is 0. The van der Waals surface area contributed by atoms with Gasteiger partial charge in [-0.25, -0.2) is 4.79 Å². The van der Waals surface area contributed by atoms with E-state index >= 15 is 0 Å². The molecular weight excluding hydrogens is 312 g/mol. The summed E-state index contributed by atoms with van der Waals surface area (Å²) < 4.78 is 5.19. The molecule has 2 aromatic rings. The first kappa shape index (κ1) is 19.0. The van der Waals surface area contributed by atoms with Gasteiger partial charge in [-0.3, -0.25) is 0 Å². The Morgan fingerprint density at radius 2 is 1.68 bits per heavy atom. The van der Waals surface area contributed by atoms with Crippen LogP contribution in [0.4, 0.5) is 4.79 Å². The molecule has 0 spiro atoms. The van der Waals surface area contributed by atoms with E-state index in [4.69, 9.17) is 9.84 Å². The van der Waals surface area contributed by atoms with Crippen LogP contribution in [0.3, 0.4) is 0 Å². The number of aryl methyl sites for hydroxylation is 2. The van der Waals surface area contributed by atoms with Crippen LogP contribution in [0.2, 0.25) is 0 Å². The molecule has 0 heterocycles. The van der Waals surface area contributed by atoms with E-state index in [1.165, 1.54) is 16.7 Å². The molecule has 3 nitrogen and oxygen atoms in total. The molecular formula is C22H28O3. The Morgan fingerprint density at radius 1 is 0.960 bits per heavy atom. The predicted octanol–water partition coefficient (Wildman–Crippen LogP) is 6.15. The van der Waals surface area contributed by atoms with Crippen molar-refractivity contribution in [2.24, 2.45) is 0 Å². The molecule has 0 radical (unpaired) electrons. The van der Waals surface area contributed by atoms with Crippen LogP contribution in [0, 0.1) is 20.8 Å². The summed E-state index contributed by atoms with van der Waals surface area (Å²) in [4.78, 5) is 11.1. The molecule has 0 aromatic heterocycles. The third-order valence-electron chi connectivity index (χ3n) is 4.96. The van der Waals surface area contributed by atoms with Gasteiger partial charge in [0.1, 0.15) is 6.10 Å². The molecule has 0 amide bonds. The maximum atomic E-state index is 11.1. The molecule has 0 aliphatic carbocycles. The number of unbranched alkanes of at least 4 members (excludes halogenated alkanes) is 2. The highest BCUT2D eigenvalue weighted by Crippen LogP contribution is 2.29. The van der Waals surface area contributed by atoms with Crippen LogP contribution in [-0.2, 0) is 11.2 Å². The summed E-state index contributed by atoms with van der Waals surface area (Å²) in [7, 11) is 0. The van der Waals surface area contributed by atoms with Crippen LogP contribution < -0.4 is 0 Å². The highest BCUT2D eigenvalue weighted by atomic mass is 16.7. The lowest BCUT2D eigenvalue weighted by molar-refractivity contribution is 0.0461. The van der Waals surface area contributed by atoms with Crippen molar-refractivity contribution in [3.8, 4) is 0 Å². The van der Waals surface area contributed by atoms with Crippen molar-refractivity contribution in [2.75, 3.05) is 0 Å². The molecule has 1 N–H and O–H groups in total. The zero-order valence-corrected chi connectivity index (χ0v) is 15.4. The van der Waals surface area contributed by atoms with E-state index in [1.54, 1.807) is 0 Å². The highest BCUT2D eigenvalue weighted by Gasteiger charge is 2.19. The molecule has 0 bridgehead atoms. The smallest absolute Gasteiger partial charge is 0.450 e. The number of rotatable bonds is 8. The molecule has 1 atom stereocenters. The fourth-order valence-electron chi connectivity index (χ4n) is 3.21. The minimum absolute atomic E-state index is 0.381. The van der Waals surface area contributed by atoms with Crippen molar-refractivity contribution < 1.29 is 14.6 Å². The van der Waals surface area contributed by atoms with Gasteiger partial charge in [-0.2, -0.15) is 0 Å². The number of carbonyl (C=O) groups is 1. The van der Waals surface area contributed by atoms with Crippen LogP contribution in [0.15, 0.2) is 42.5 Å². The zero-order valence-electron chi connectivity index (χ0n) is 15.4. The number of carboxylic acid groups (broad SMARTS) is 1. The van der Waals surface area contributed by atoms with Crippen molar-refractivity contribution in [2.45, 2.75) is 59.0 Å². The second kappa shape index (κ2) is 9.26. The second-order valence-electron chi connectivity index (χ2n) is 6.68. The number of benzene rings is 2. The fourth-order valence-corrected chi connectivity index (χ4v) is 3.21. The Hall–Kier alpha value is -2.29. The molecule has 25 heavy (non-hydrogen) atoms. The van der Waals surface area contributed by atoms with Gasteiger partial charge in [0.15, 0.2) is 0 Å². The van der Waals surface area contributed by atoms with Gasteiger partial charge in [-0.15, -0.1) is 0 Å². The van der Waals surface area contributed by atoms with Crippen molar-refractivity contribution >= 4 is 6.16 Å². The minimum atomic E-state index is -1.20. The summed E-state index contributed by atoms with van der Waals surface area (Å²) in [6.07, 6.45) is 3.34. The Kier molecular flexibility index (Phi) is 7.05. The second-order valence-corrected chi connectivity index (χ2v) is 6.68. The van der Waals surface area contributed by atoms with Crippen LogP contribution >= 0.6 is 0 Å². The summed E-state index contributed by atoms with van der Waals surface area (Å²) in [5.41, 5.74) is 5.91. The number of hydrogen-bond acceptors (Lipinski definition) is 2. The molecule has 1 unspecified atom stereocenters. The summed E-state index contributed by atoms with van der Waals surface area (Å²) in [5.74, 6) is 0. The van der Waals surface area contributed by atoms with Crippen molar-refractivity contribution in [1.82, 2.24) is 0 Å². The van der Waals surface area contributed by atoms with Gasteiger partial charge in [0.05, 0.1) is 0 Å². The van der Waals surface area contributed by atoms with E-state index < -0.39 is 6.16 Å². The van der Waals surface area contributed by atoms with Crippen LogP contribution in [-0.4, -0.2) is 11.3 Å². The molecule has 3 heteroatoms. The van der Waals surface area contributed by atoms with Gasteiger partial charge in [-0.1, -0.05) is 48.9 Å². The lowest BCUT2D eigenvalue weighted by Gasteiger charge is -2.20. The summed E-state index contributed by atoms with van der Waals surface area (Å²) in [6, 6.07) is 14.5. The van der Waals surface area contributed by atoms with Crippen LogP contribution in [0.5, 0.6) is 0 Å². The Labute approximate surface area is 150 Å². The van der Waals surface area contributed by atoms with E-state index in [9.17, 15) is 4.79 Å². The van der Waals surface area contributed by atoms with E-state index in [1.807, 2.05) is 25.1 Å². The largest absolute Gasteiger partial charge is 0.506 e. The molecule has 134 valence electrons. The van der Waals surface area contributed by atoms with Gasteiger partial charge in [0, 0.05) is 0 Å². The maximum absolute atomic E-state index is 11.1. The minimum Gasteiger partial charge on any atom is -0.450 e. The molecule has 0 aliphatic heterocycles. The van der Waals surface area contributed by atoms with Crippen LogP contribution in [0.1, 0.15) is 59.6 Å². The van der Waals surface area contributed by atoms with Crippen molar-refractivity contribution in [1.29, 1.82) is 0 Å². The molecule has 0 saturated heterocycles. The number of hydrogen-bond donors (Lipinski definition) is 1. The van der Waals surface area contributed by atoms with Gasteiger partial charge in [0.25, 0.3) is 0 Å². The van der Waals surface area contributed by atoms with E-state index in [0.29, 0.717) is 0 Å². The fraction of sp³-hybridized carbons (Fsp3) is 0.409. The van der Waals surface area contributed by atoms with E-state index in [2.05, 4.69) is 38.1 Å². The average molecular weight is 340 g/mol. The average Bonchev–Trinajstić information content (AvgIpc) is 2.59. The van der Waals surface area contributed by atoms with Gasteiger partial charge in [0.2, 0.25) is 0 Å². The Morgan fingerprint density at radius 3 is 2.36 bits per heavy atom. The Balaban J connectivity index is 1.92. The van der Waals surface area contributed by atoms with E-state index in [-0.39, 0.29) is 6.10 Å². The molecule has 2 rings (SSSR count). The van der Waals surface area contributed by atoms with Gasteiger partial charge >= 0.3 is 6.16 Å². The maximum Gasteiger partial charge on any atom is 0.506 e. The first-order chi connectivity index (χ1) is 12.0. The number of ether oxygens (including phenoxy) is 1. The predicted molar refractivity (Wildman–Crippen MR) is 101 cm³/mol. The van der Waals surface area contributed by atoms with Crippen molar-refractivity contribution in [3.63, 3.8) is 0 Å². The molecule has 0 fully saturated rings. The monoisotopic (exact) mass is 340 g/mol. The first-order valence-electron chi connectivity index (χ1n) is 8.99. The normalized spacial score (nSPS) is 12.0. The van der Waals surface area contributed by atoms with Crippen molar-refractivity contribution in [3.05, 3.63) is 70.3 Å². The van der Waals surface area contributed by atoms with E-state index in [0.717, 1.165) is 43.2 Å². The van der Waals surface area contributed by atoms with Crippen LogP contribution in [0.25, 0.3) is 0 Å². The SMILES string of the molecule is Cc1ccc(C(CCCCCc2ccccc2)OC(=O)O)c(C)c1C. The standard InChI is InChI=1S/C22H28O3/c1-16-14-15-20(18(3)17(16)2)21(25-22(23)24)13-9-5-8-12-19-10-6-4-7-11-19/h4,6-7,10-11,14-15,21H,5,8-9,12-13H2,1-3H3,(H,23,24). The third-order valence-corrected chi connectivity index (χ3v) is 4.96. The first-order valence-corrected chi connectivity index (χ1v) is 8.99. The summed E-state index contributed by atoms with van der Waals surface area (Å²) in [5, 5.41) is 9.09. The van der Waals surface area contributed by atoms with Gasteiger partial charge in [-0.05, 0) is 74.3 Å². The molecule has 0 aliphatic rings. The van der Waals surface area contributed by atoms with Gasteiger partial charge < -0.3 is 9.84 Å². The zero-order chi connectivity index (χ0) is 18.2. The highest BCUT2D eigenvalue weighted by molar-refractivity contribution is 5.57. The third kappa shape index (κ3) is 5.63. The lowest BCUT2D eigenvalue weighted by Crippen LogP contribution is -2.11. The molecule has 0 saturated carbocycles. The Bertz CT molecular complexity index is 692. The topological polar surface area (TPSA) is 46.5 Å². The quantitative estimate of drug-likeness (QED) is 0.463.